The highest BCUT2D eigenvalue weighted by Gasteiger charge is 2.29. The fraction of sp³-hybridized carbons (Fsp3) is 0. The van der Waals surface area contributed by atoms with Gasteiger partial charge in [-0.3, -0.25) is 4.79 Å². The topological polar surface area (TPSA) is 59.2 Å². The summed E-state index contributed by atoms with van der Waals surface area (Å²) in [6.45, 7) is 0. The minimum absolute atomic E-state index is 0.341. The molecule has 1 aromatic heterocycles. The third-order valence-electron chi connectivity index (χ3n) is 3.58. The zero-order chi connectivity index (χ0) is 19.7. The fourth-order valence-corrected chi connectivity index (χ4v) is 2.24. The summed E-state index contributed by atoms with van der Waals surface area (Å²) in [6.07, 6.45) is 0. The number of rotatable bonds is 3. The number of hydrogen-bond donors (Lipinski definition) is 1. The number of benzene rings is 2. The number of carbonyl (C=O) groups is 1. The monoisotopic (exact) mass is 381 g/mol. The number of aromatic amines is 1. The van der Waals surface area contributed by atoms with Crippen molar-refractivity contribution in [2.24, 2.45) is 0 Å². The number of halogens is 5. The molecule has 4 nitrogen and oxygen atoms in total. The van der Waals surface area contributed by atoms with Crippen molar-refractivity contribution < 1.29 is 31.5 Å². The van der Waals surface area contributed by atoms with E-state index in [2.05, 4.69) is 9.72 Å². The lowest BCUT2D eigenvalue weighted by atomic mass is 10.1. The van der Waals surface area contributed by atoms with Crippen LogP contribution in [-0.4, -0.2) is 11.0 Å². The molecular formula is C18H8F5NO3. The summed E-state index contributed by atoms with van der Waals surface area (Å²) in [5.74, 6) is -15.0. The highest BCUT2D eigenvalue weighted by molar-refractivity contribution is 5.91. The van der Waals surface area contributed by atoms with Crippen LogP contribution < -0.4 is 10.3 Å². The van der Waals surface area contributed by atoms with Gasteiger partial charge < -0.3 is 9.72 Å². The van der Waals surface area contributed by atoms with Crippen LogP contribution in [0.5, 0.6) is 5.75 Å². The summed E-state index contributed by atoms with van der Waals surface area (Å²) in [6, 6.07) is 10.9. The Morgan fingerprint density at radius 1 is 0.778 bits per heavy atom. The van der Waals surface area contributed by atoms with Crippen molar-refractivity contribution in [1.82, 2.24) is 4.98 Å². The smallest absolute Gasteiger partial charge is 0.349 e. The van der Waals surface area contributed by atoms with Crippen LogP contribution in [0.1, 0.15) is 10.4 Å². The molecule has 0 aliphatic carbocycles. The van der Waals surface area contributed by atoms with Gasteiger partial charge >= 0.3 is 5.97 Å². The Balaban J connectivity index is 1.96. The maximum Gasteiger partial charge on any atom is 0.349 e. The second kappa shape index (κ2) is 7.02. The van der Waals surface area contributed by atoms with Gasteiger partial charge in [0.2, 0.25) is 34.8 Å². The van der Waals surface area contributed by atoms with Crippen LogP contribution in [0, 0.1) is 29.1 Å². The second-order valence-corrected chi connectivity index (χ2v) is 5.27. The number of pyridine rings is 1. The fourth-order valence-electron chi connectivity index (χ4n) is 2.24. The van der Waals surface area contributed by atoms with E-state index in [1.165, 1.54) is 6.07 Å². The predicted octanol–water partition coefficient (Wildman–Crippen LogP) is 3.96. The third kappa shape index (κ3) is 3.31. The first kappa shape index (κ1) is 18.3. The van der Waals surface area contributed by atoms with Crippen molar-refractivity contribution in [3.05, 3.63) is 87.5 Å². The summed E-state index contributed by atoms with van der Waals surface area (Å²) in [5.41, 5.74) is -0.688. The van der Waals surface area contributed by atoms with E-state index in [1.54, 1.807) is 30.3 Å². The number of esters is 1. The van der Waals surface area contributed by atoms with Gasteiger partial charge in [-0.05, 0) is 17.7 Å². The van der Waals surface area contributed by atoms with E-state index in [4.69, 9.17) is 0 Å². The first-order valence-electron chi connectivity index (χ1n) is 7.33. The second-order valence-electron chi connectivity index (χ2n) is 5.27. The molecule has 0 radical (unpaired) electrons. The molecule has 27 heavy (non-hydrogen) atoms. The Bertz CT molecular complexity index is 1070. The van der Waals surface area contributed by atoms with E-state index in [0.717, 1.165) is 6.07 Å². The van der Waals surface area contributed by atoms with Crippen LogP contribution in [0.3, 0.4) is 0 Å². The Hall–Kier alpha value is -3.49. The highest BCUT2D eigenvalue weighted by Crippen LogP contribution is 2.29. The molecule has 2 aromatic carbocycles. The molecule has 0 amide bonds. The molecular weight excluding hydrogens is 373 g/mol. The Labute approximate surface area is 147 Å². The first-order chi connectivity index (χ1) is 12.8. The maximum atomic E-state index is 13.6. The van der Waals surface area contributed by atoms with Gasteiger partial charge in [-0.25, -0.2) is 18.0 Å². The summed E-state index contributed by atoms with van der Waals surface area (Å²) < 4.78 is 70.7. The highest BCUT2D eigenvalue weighted by atomic mass is 19.2. The van der Waals surface area contributed by atoms with Crippen molar-refractivity contribution >= 4 is 5.97 Å². The van der Waals surface area contributed by atoms with Gasteiger partial charge in [0.15, 0.2) is 0 Å². The standard InChI is InChI=1S/C18H8F5NO3/c19-11-12(20)14(22)16(15(23)13(11)21)27-18(26)9-6-7-10(24-17(9)25)8-4-2-1-3-5-8/h1-7H,(H,24,25). The molecule has 0 saturated carbocycles. The number of ether oxygens (including phenoxy) is 1. The average Bonchev–Trinajstić information content (AvgIpc) is 2.68. The summed E-state index contributed by atoms with van der Waals surface area (Å²) >= 11 is 0. The van der Waals surface area contributed by atoms with Crippen LogP contribution in [0.2, 0.25) is 0 Å². The molecule has 0 aliphatic heterocycles. The molecule has 1 heterocycles. The predicted molar refractivity (Wildman–Crippen MR) is 83.7 cm³/mol. The minimum Gasteiger partial charge on any atom is -0.416 e. The molecule has 9 heteroatoms. The maximum absolute atomic E-state index is 13.6. The van der Waals surface area contributed by atoms with Gasteiger partial charge in [-0.1, -0.05) is 30.3 Å². The molecule has 0 bridgehead atoms. The van der Waals surface area contributed by atoms with Gasteiger partial charge in [0.1, 0.15) is 5.56 Å². The SMILES string of the molecule is O=C(Oc1c(F)c(F)c(F)c(F)c1F)c1ccc(-c2ccccc2)[nH]c1=O. The Kier molecular flexibility index (Phi) is 4.76. The van der Waals surface area contributed by atoms with Crippen LogP contribution >= 0.6 is 0 Å². The summed E-state index contributed by atoms with van der Waals surface area (Å²) in [4.78, 5) is 26.4. The van der Waals surface area contributed by atoms with Crippen molar-refractivity contribution in [1.29, 1.82) is 0 Å². The van der Waals surface area contributed by atoms with E-state index in [0.29, 0.717) is 11.3 Å². The van der Waals surface area contributed by atoms with E-state index in [1.807, 2.05) is 0 Å². The third-order valence-corrected chi connectivity index (χ3v) is 3.58. The van der Waals surface area contributed by atoms with Gasteiger partial charge in [-0.2, -0.15) is 8.78 Å². The quantitative estimate of drug-likeness (QED) is 0.246. The summed E-state index contributed by atoms with van der Waals surface area (Å²) in [7, 11) is 0. The number of aromatic nitrogens is 1. The molecule has 1 N–H and O–H groups in total. The summed E-state index contributed by atoms with van der Waals surface area (Å²) in [5, 5.41) is 0. The van der Waals surface area contributed by atoms with Crippen molar-refractivity contribution in [2.45, 2.75) is 0 Å². The lowest BCUT2D eigenvalue weighted by Crippen LogP contribution is -2.23. The van der Waals surface area contributed by atoms with Gasteiger partial charge in [0, 0.05) is 5.69 Å². The number of H-pyrrole nitrogens is 1. The average molecular weight is 381 g/mol. The van der Waals surface area contributed by atoms with Gasteiger partial charge in [0.25, 0.3) is 5.56 Å². The molecule has 0 fully saturated rings. The Morgan fingerprint density at radius 3 is 1.89 bits per heavy atom. The van der Waals surface area contributed by atoms with Crippen molar-refractivity contribution in [3.63, 3.8) is 0 Å². The lowest BCUT2D eigenvalue weighted by Gasteiger charge is -2.09. The molecule has 0 unspecified atom stereocenters. The first-order valence-corrected chi connectivity index (χ1v) is 7.33. The molecule has 3 aromatic rings. The van der Waals surface area contributed by atoms with Gasteiger partial charge in [-0.15, -0.1) is 0 Å². The molecule has 3 rings (SSSR count). The number of hydrogen-bond acceptors (Lipinski definition) is 3. The van der Waals surface area contributed by atoms with E-state index in [-0.39, 0.29) is 0 Å². The van der Waals surface area contributed by atoms with E-state index in [9.17, 15) is 31.5 Å². The zero-order valence-electron chi connectivity index (χ0n) is 13.2. The molecule has 0 aliphatic rings. The van der Waals surface area contributed by atoms with Crippen molar-refractivity contribution in [2.75, 3.05) is 0 Å². The van der Waals surface area contributed by atoms with Crippen molar-refractivity contribution in [3.8, 4) is 17.0 Å². The number of carbonyl (C=O) groups excluding carboxylic acids is 1. The lowest BCUT2D eigenvalue weighted by molar-refractivity contribution is 0.0714. The van der Waals surface area contributed by atoms with Crippen LogP contribution in [0.4, 0.5) is 22.0 Å². The molecule has 0 saturated heterocycles. The van der Waals surface area contributed by atoms with Crippen LogP contribution in [0.25, 0.3) is 11.3 Å². The minimum atomic E-state index is -2.39. The van der Waals surface area contributed by atoms with Crippen LogP contribution in [0.15, 0.2) is 47.3 Å². The largest absolute Gasteiger partial charge is 0.416 e. The molecule has 138 valence electrons. The van der Waals surface area contributed by atoms with E-state index < -0.39 is 51.9 Å². The van der Waals surface area contributed by atoms with Gasteiger partial charge in [0.05, 0.1) is 0 Å². The number of nitrogens with one attached hydrogen (secondary N) is 1. The zero-order valence-corrected chi connectivity index (χ0v) is 13.2. The normalized spacial score (nSPS) is 10.7. The van der Waals surface area contributed by atoms with E-state index >= 15 is 0 Å². The molecule has 0 atom stereocenters. The Morgan fingerprint density at radius 2 is 1.33 bits per heavy atom. The van der Waals surface area contributed by atoms with Crippen LogP contribution in [-0.2, 0) is 0 Å². The molecule has 0 spiro atoms.